The third kappa shape index (κ3) is 5.04. The molecule has 1 aromatic heterocycles. The molecule has 0 bridgehead atoms. The van der Waals surface area contributed by atoms with Crippen molar-refractivity contribution in [2.75, 3.05) is 38.7 Å². The number of allylic oxidation sites excluding steroid dienone is 1. The van der Waals surface area contributed by atoms with E-state index in [1.54, 1.807) is 18.2 Å². The summed E-state index contributed by atoms with van der Waals surface area (Å²) in [7, 11) is -0.864. The van der Waals surface area contributed by atoms with Crippen LogP contribution in [0, 0.1) is 13.8 Å². The van der Waals surface area contributed by atoms with E-state index in [0.717, 1.165) is 41.6 Å². The first-order valence-corrected chi connectivity index (χ1v) is 12.3. The Balaban J connectivity index is 1.87. The van der Waals surface area contributed by atoms with Crippen LogP contribution in [0.25, 0.3) is 0 Å². The minimum Gasteiger partial charge on any atom is -0.454 e. The van der Waals surface area contributed by atoms with Crippen molar-refractivity contribution in [2.45, 2.75) is 38.1 Å². The molecule has 0 amide bonds. The number of sulfonamides is 1. The minimum atomic E-state index is -3.73. The Kier molecular flexibility index (Phi) is 7.44. The third-order valence-corrected chi connectivity index (χ3v) is 7.74. The monoisotopic (exact) mass is 473 g/mol. The van der Waals surface area contributed by atoms with Gasteiger partial charge in [-0.2, -0.15) is 0 Å². The Morgan fingerprint density at radius 1 is 1.12 bits per heavy atom. The Hall–Kier alpha value is -2.91. The zero-order valence-electron chi connectivity index (χ0n) is 19.6. The van der Waals surface area contributed by atoms with E-state index < -0.39 is 22.6 Å². The summed E-state index contributed by atoms with van der Waals surface area (Å²) in [6, 6.07) is 6.25. The van der Waals surface area contributed by atoms with Gasteiger partial charge in [0.05, 0.1) is 16.1 Å². The van der Waals surface area contributed by atoms with E-state index in [9.17, 15) is 18.0 Å². The molecule has 0 radical (unpaired) electrons. The molecule has 1 aliphatic rings. The van der Waals surface area contributed by atoms with Gasteiger partial charge >= 0.3 is 5.97 Å². The van der Waals surface area contributed by atoms with Gasteiger partial charge in [-0.15, -0.1) is 6.58 Å². The number of esters is 1. The number of aryl methyl sites for hydroxylation is 1. The van der Waals surface area contributed by atoms with Crippen LogP contribution in [0.3, 0.4) is 0 Å². The number of nitrogens with zero attached hydrogens (tertiary/aromatic N) is 3. The number of aromatic nitrogens is 1. The predicted octanol–water partition coefficient (Wildman–Crippen LogP) is 3.18. The summed E-state index contributed by atoms with van der Waals surface area (Å²) in [6.07, 6.45) is 3.74. The Bertz CT molecular complexity index is 1170. The van der Waals surface area contributed by atoms with Crippen LogP contribution in [0.5, 0.6) is 0 Å². The quantitative estimate of drug-likeness (QED) is 0.316. The second-order valence-electron chi connectivity index (χ2n) is 8.34. The van der Waals surface area contributed by atoms with E-state index in [-0.39, 0.29) is 16.2 Å². The molecule has 9 heteroatoms. The number of hydrogen-bond acceptors (Lipinski definition) is 6. The fourth-order valence-electron chi connectivity index (χ4n) is 4.06. The average Bonchev–Trinajstić information content (AvgIpc) is 3.41. The number of benzene rings is 1. The number of Topliss-reactive ketones (excluding diaryl/α,β-unsaturated/α-hetero) is 1. The van der Waals surface area contributed by atoms with Gasteiger partial charge in [0.25, 0.3) is 0 Å². The number of carbonyl (C=O) groups excluding carboxylic acids is 2. The largest absolute Gasteiger partial charge is 0.454 e. The van der Waals surface area contributed by atoms with Crippen LogP contribution in [0.4, 0.5) is 5.69 Å². The normalized spacial score (nSPS) is 14.0. The molecule has 178 valence electrons. The molecule has 3 rings (SSSR count). The van der Waals surface area contributed by atoms with Gasteiger partial charge in [-0.25, -0.2) is 17.5 Å². The van der Waals surface area contributed by atoms with Crippen molar-refractivity contribution in [1.82, 2.24) is 8.87 Å². The second-order valence-corrected chi connectivity index (χ2v) is 10.5. The highest BCUT2D eigenvalue weighted by molar-refractivity contribution is 7.89. The van der Waals surface area contributed by atoms with Crippen molar-refractivity contribution in [1.29, 1.82) is 0 Å². The number of ether oxygens (including phenoxy) is 1. The topological polar surface area (TPSA) is 88.9 Å². The summed E-state index contributed by atoms with van der Waals surface area (Å²) < 4.78 is 33.7. The second kappa shape index (κ2) is 9.93. The third-order valence-electron chi connectivity index (χ3n) is 5.93. The zero-order chi connectivity index (χ0) is 24.3. The molecule has 2 heterocycles. The molecule has 8 nitrogen and oxygen atoms in total. The maximum atomic E-state index is 13.0. The highest BCUT2D eigenvalue weighted by atomic mass is 32.2. The van der Waals surface area contributed by atoms with Crippen molar-refractivity contribution in [2.24, 2.45) is 0 Å². The summed E-state index contributed by atoms with van der Waals surface area (Å²) in [5.74, 6) is -1.03. The fraction of sp³-hybridized carbons (Fsp3) is 0.417. The fourth-order valence-corrected chi connectivity index (χ4v) is 4.99. The number of hydrogen-bond donors (Lipinski definition) is 0. The standard InChI is InChI=1S/C24H31N3O5S/c1-6-11-27-17(2)14-20(18(27)3)23(28)16-32-24(29)21-15-19(33(30,31)25(4)5)9-10-22(21)26-12-7-8-13-26/h6,9-10,14-15H,1,7-8,11-13,16H2,2-5H3. The molecule has 1 fully saturated rings. The first-order chi connectivity index (χ1) is 15.6. The van der Waals surface area contributed by atoms with E-state index in [1.165, 1.54) is 26.2 Å². The first kappa shape index (κ1) is 24.7. The molecule has 0 spiro atoms. The minimum absolute atomic E-state index is 0.00157. The van der Waals surface area contributed by atoms with Crippen LogP contribution >= 0.6 is 0 Å². The maximum absolute atomic E-state index is 13.0. The van der Waals surface area contributed by atoms with Gasteiger partial charge in [-0.05, 0) is 51.0 Å². The Labute approximate surface area is 195 Å². The lowest BCUT2D eigenvalue weighted by Crippen LogP contribution is -2.25. The molecular formula is C24H31N3O5S. The van der Waals surface area contributed by atoms with E-state index in [0.29, 0.717) is 17.8 Å². The number of anilines is 1. The van der Waals surface area contributed by atoms with Crippen LogP contribution in [-0.4, -0.2) is 62.8 Å². The van der Waals surface area contributed by atoms with Gasteiger partial charge in [-0.3, -0.25) is 4.79 Å². The predicted molar refractivity (Wildman–Crippen MR) is 127 cm³/mol. The van der Waals surface area contributed by atoms with Gasteiger partial charge < -0.3 is 14.2 Å². The summed E-state index contributed by atoms with van der Waals surface area (Å²) in [6.45, 7) is 9.17. The summed E-state index contributed by atoms with van der Waals surface area (Å²) in [4.78, 5) is 27.9. The molecule has 1 aromatic carbocycles. The first-order valence-electron chi connectivity index (χ1n) is 10.9. The number of ketones is 1. The van der Waals surface area contributed by atoms with Crippen molar-refractivity contribution in [3.63, 3.8) is 0 Å². The highest BCUT2D eigenvalue weighted by Gasteiger charge is 2.26. The van der Waals surface area contributed by atoms with E-state index >= 15 is 0 Å². The molecule has 1 aliphatic heterocycles. The lowest BCUT2D eigenvalue weighted by atomic mass is 10.1. The van der Waals surface area contributed by atoms with Crippen LogP contribution in [0.15, 0.2) is 41.8 Å². The number of carbonyl (C=O) groups is 2. The Morgan fingerprint density at radius 2 is 1.79 bits per heavy atom. The Morgan fingerprint density at radius 3 is 2.39 bits per heavy atom. The molecule has 33 heavy (non-hydrogen) atoms. The number of rotatable bonds is 9. The summed E-state index contributed by atoms with van der Waals surface area (Å²) in [5, 5.41) is 0. The smallest absolute Gasteiger partial charge is 0.340 e. The van der Waals surface area contributed by atoms with Crippen LogP contribution in [0.2, 0.25) is 0 Å². The molecule has 1 saturated heterocycles. The van der Waals surface area contributed by atoms with Crippen molar-refractivity contribution in [3.8, 4) is 0 Å². The van der Waals surface area contributed by atoms with Gasteiger partial charge in [0.1, 0.15) is 0 Å². The zero-order valence-corrected chi connectivity index (χ0v) is 20.4. The average molecular weight is 474 g/mol. The lowest BCUT2D eigenvalue weighted by molar-refractivity contribution is 0.0475. The van der Waals surface area contributed by atoms with Gasteiger partial charge in [0.15, 0.2) is 6.61 Å². The molecule has 0 aliphatic carbocycles. The highest BCUT2D eigenvalue weighted by Crippen LogP contribution is 2.29. The van der Waals surface area contributed by atoms with Crippen LogP contribution in [0.1, 0.15) is 44.9 Å². The van der Waals surface area contributed by atoms with Gasteiger partial charge in [0.2, 0.25) is 15.8 Å². The maximum Gasteiger partial charge on any atom is 0.340 e. The molecular weight excluding hydrogens is 442 g/mol. The van der Waals surface area contributed by atoms with Crippen molar-refractivity contribution >= 4 is 27.5 Å². The van der Waals surface area contributed by atoms with E-state index in [4.69, 9.17) is 4.74 Å². The SMILES string of the molecule is C=CCn1c(C)cc(C(=O)COC(=O)c2cc(S(=O)(=O)N(C)C)ccc2N2CCCC2)c1C. The van der Waals surface area contributed by atoms with E-state index in [2.05, 4.69) is 6.58 Å². The molecule has 2 aromatic rings. The van der Waals surface area contributed by atoms with E-state index in [1.807, 2.05) is 23.3 Å². The van der Waals surface area contributed by atoms with Gasteiger partial charge in [0, 0.05) is 50.7 Å². The van der Waals surface area contributed by atoms with Crippen molar-refractivity contribution in [3.05, 3.63) is 59.4 Å². The molecule has 0 atom stereocenters. The summed E-state index contributed by atoms with van der Waals surface area (Å²) in [5.41, 5.74) is 2.95. The summed E-state index contributed by atoms with van der Waals surface area (Å²) >= 11 is 0. The molecule has 0 saturated carbocycles. The van der Waals surface area contributed by atoms with Crippen LogP contribution < -0.4 is 4.90 Å². The van der Waals surface area contributed by atoms with Crippen LogP contribution in [-0.2, 0) is 21.3 Å². The molecule has 0 N–H and O–H groups in total. The van der Waals surface area contributed by atoms with Gasteiger partial charge in [-0.1, -0.05) is 6.08 Å². The molecule has 0 unspecified atom stereocenters. The lowest BCUT2D eigenvalue weighted by Gasteiger charge is -2.22. The van der Waals surface area contributed by atoms with Crippen molar-refractivity contribution < 1.29 is 22.7 Å².